The summed E-state index contributed by atoms with van der Waals surface area (Å²) in [6.07, 6.45) is 3.53. The fourth-order valence-electron chi connectivity index (χ4n) is 1.74. The lowest BCUT2D eigenvalue weighted by Crippen LogP contribution is -2.45. The maximum absolute atomic E-state index is 11.6. The highest BCUT2D eigenvalue weighted by molar-refractivity contribution is 5.82. The zero-order valence-electron chi connectivity index (χ0n) is 8.75. The van der Waals surface area contributed by atoms with Crippen molar-refractivity contribution >= 4 is 5.91 Å². The molecule has 0 aromatic carbocycles. The summed E-state index contributed by atoms with van der Waals surface area (Å²) in [5, 5.41) is 14.9. The number of amides is 1. The number of hydrogen-bond donors (Lipinski definition) is 3. The number of carbonyl (C=O) groups is 1. The minimum Gasteiger partial charge on any atom is -0.396 e. The molecule has 1 unspecified atom stereocenters. The Labute approximate surface area is 85.1 Å². The van der Waals surface area contributed by atoms with Crippen molar-refractivity contribution in [1.29, 1.82) is 0 Å². The van der Waals surface area contributed by atoms with Crippen molar-refractivity contribution in [2.45, 2.75) is 44.7 Å². The molecule has 14 heavy (non-hydrogen) atoms. The van der Waals surface area contributed by atoms with E-state index in [2.05, 4.69) is 10.6 Å². The summed E-state index contributed by atoms with van der Waals surface area (Å²) in [6, 6.07) is 0.109. The van der Waals surface area contributed by atoms with Crippen molar-refractivity contribution in [2.75, 3.05) is 13.2 Å². The fraction of sp³-hybridized carbons (Fsp3) is 0.900. The molecule has 1 aliphatic rings. The SMILES string of the molecule is CCC(CCO)NC(=O)[C@@H]1CCCN1. The van der Waals surface area contributed by atoms with Gasteiger partial charge in [-0.3, -0.25) is 4.79 Å². The molecule has 0 aromatic rings. The first-order valence-electron chi connectivity index (χ1n) is 5.42. The summed E-state index contributed by atoms with van der Waals surface area (Å²) in [5.41, 5.74) is 0. The fourth-order valence-corrected chi connectivity index (χ4v) is 1.74. The van der Waals surface area contributed by atoms with E-state index < -0.39 is 0 Å². The second-order valence-corrected chi connectivity index (χ2v) is 3.77. The highest BCUT2D eigenvalue weighted by Gasteiger charge is 2.23. The molecular formula is C10H20N2O2. The Morgan fingerprint density at radius 3 is 3.00 bits per heavy atom. The minimum absolute atomic E-state index is 0.0113. The van der Waals surface area contributed by atoms with Gasteiger partial charge in [-0.25, -0.2) is 0 Å². The molecule has 1 aliphatic heterocycles. The van der Waals surface area contributed by atoms with Gasteiger partial charge < -0.3 is 15.7 Å². The topological polar surface area (TPSA) is 61.4 Å². The molecule has 1 amide bonds. The molecule has 0 aliphatic carbocycles. The van der Waals surface area contributed by atoms with Gasteiger partial charge in [0.05, 0.1) is 6.04 Å². The first kappa shape index (κ1) is 11.5. The van der Waals surface area contributed by atoms with Gasteiger partial charge in [-0.05, 0) is 32.2 Å². The summed E-state index contributed by atoms with van der Waals surface area (Å²) >= 11 is 0. The zero-order valence-corrected chi connectivity index (χ0v) is 8.75. The third-order valence-corrected chi connectivity index (χ3v) is 2.69. The van der Waals surface area contributed by atoms with Crippen LogP contribution in [0.5, 0.6) is 0 Å². The highest BCUT2D eigenvalue weighted by Crippen LogP contribution is 2.06. The predicted octanol–water partition coefficient (Wildman–Crippen LogP) is 0.0156. The van der Waals surface area contributed by atoms with Gasteiger partial charge in [0, 0.05) is 12.6 Å². The number of aliphatic hydroxyl groups excluding tert-OH is 1. The Kier molecular flexibility index (Phi) is 4.90. The Morgan fingerprint density at radius 1 is 1.71 bits per heavy atom. The van der Waals surface area contributed by atoms with Crippen LogP contribution in [0.2, 0.25) is 0 Å². The number of nitrogens with one attached hydrogen (secondary N) is 2. The zero-order chi connectivity index (χ0) is 10.4. The average Bonchev–Trinajstić information content (AvgIpc) is 2.69. The monoisotopic (exact) mass is 200 g/mol. The molecular weight excluding hydrogens is 180 g/mol. The number of carbonyl (C=O) groups excluding carboxylic acids is 1. The highest BCUT2D eigenvalue weighted by atomic mass is 16.3. The van der Waals surface area contributed by atoms with Crippen LogP contribution in [0, 0.1) is 0 Å². The van der Waals surface area contributed by atoms with E-state index in [9.17, 15) is 4.79 Å². The predicted molar refractivity (Wildman–Crippen MR) is 54.9 cm³/mol. The van der Waals surface area contributed by atoms with Gasteiger partial charge in [-0.2, -0.15) is 0 Å². The van der Waals surface area contributed by atoms with Gasteiger partial charge in [0.1, 0.15) is 0 Å². The van der Waals surface area contributed by atoms with E-state index in [1.807, 2.05) is 6.92 Å². The lowest BCUT2D eigenvalue weighted by molar-refractivity contribution is -0.123. The summed E-state index contributed by atoms with van der Waals surface area (Å²) < 4.78 is 0. The molecule has 0 bridgehead atoms. The van der Waals surface area contributed by atoms with Gasteiger partial charge >= 0.3 is 0 Å². The van der Waals surface area contributed by atoms with E-state index in [-0.39, 0.29) is 24.6 Å². The van der Waals surface area contributed by atoms with Crippen molar-refractivity contribution in [1.82, 2.24) is 10.6 Å². The second-order valence-electron chi connectivity index (χ2n) is 3.77. The van der Waals surface area contributed by atoms with Crippen LogP contribution in [-0.4, -0.2) is 36.2 Å². The molecule has 1 fully saturated rings. The van der Waals surface area contributed by atoms with Gasteiger partial charge in [-0.1, -0.05) is 6.92 Å². The molecule has 4 heteroatoms. The van der Waals surface area contributed by atoms with Gasteiger partial charge in [0.25, 0.3) is 0 Å². The normalized spacial score (nSPS) is 23.4. The van der Waals surface area contributed by atoms with Crippen molar-refractivity contribution in [3.8, 4) is 0 Å². The van der Waals surface area contributed by atoms with Crippen LogP contribution >= 0.6 is 0 Å². The number of aliphatic hydroxyl groups is 1. The molecule has 0 spiro atoms. The quantitative estimate of drug-likeness (QED) is 0.586. The number of rotatable bonds is 5. The van der Waals surface area contributed by atoms with Gasteiger partial charge in [0.2, 0.25) is 5.91 Å². The second kappa shape index (κ2) is 5.98. The van der Waals surface area contributed by atoms with Crippen molar-refractivity contribution in [3.63, 3.8) is 0 Å². The van der Waals surface area contributed by atoms with Crippen molar-refractivity contribution in [3.05, 3.63) is 0 Å². The van der Waals surface area contributed by atoms with E-state index >= 15 is 0 Å². The molecule has 1 rings (SSSR count). The summed E-state index contributed by atoms with van der Waals surface area (Å²) in [5.74, 6) is 0.0859. The standard InChI is InChI=1S/C10H20N2O2/c1-2-8(5-7-13)12-10(14)9-4-3-6-11-9/h8-9,11,13H,2-7H2,1H3,(H,12,14)/t8?,9-/m0/s1. The number of hydrogen-bond acceptors (Lipinski definition) is 3. The molecule has 82 valence electrons. The molecule has 0 radical (unpaired) electrons. The van der Waals surface area contributed by atoms with E-state index in [0.29, 0.717) is 6.42 Å². The Hall–Kier alpha value is -0.610. The maximum atomic E-state index is 11.6. The third kappa shape index (κ3) is 3.27. The van der Waals surface area contributed by atoms with Crippen molar-refractivity contribution in [2.24, 2.45) is 0 Å². The molecule has 3 N–H and O–H groups in total. The summed E-state index contributed by atoms with van der Waals surface area (Å²) in [6.45, 7) is 3.09. The third-order valence-electron chi connectivity index (χ3n) is 2.69. The minimum atomic E-state index is -0.0113. The van der Waals surface area contributed by atoms with Crippen LogP contribution < -0.4 is 10.6 Å². The smallest absolute Gasteiger partial charge is 0.237 e. The molecule has 0 saturated carbocycles. The first-order valence-corrected chi connectivity index (χ1v) is 5.42. The average molecular weight is 200 g/mol. The molecule has 4 nitrogen and oxygen atoms in total. The largest absolute Gasteiger partial charge is 0.396 e. The lowest BCUT2D eigenvalue weighted by atomic mass is 10.1. The van der Waals surface area contributed by atoms with Crippen LogP contribution in [-0.2, 0) is 4.79 Å². The van der Waals surface area contributed by atoms with Crippen LogP contribution in [0.4, 0.5) is 0 Å². The van der Waals surface area contributed by atoms with E-state index in [4.69, 9.17) is 5.11 Å². The Balaban J connectivity index is 2.29. The van der Waals surface area contributed by atoms with E-state index in [0.717, 1.165) is 25.8 Å². The summed E-state index contributed by atoms with van der Waals surface area (Å²) in [7, 11) is 0. The van der Waals surface area contributed by atoms with Crippen molar-refractivity contribution < 1.29 is 9.90 Å². The molecule has 1 heterocycles. The van der Waals surface area contributed by atoms with Crippen LogP contribution in [0.3, 0.4) is 0 Å². The Bertz CT molecular complexity index is 179. The van der Waals surface area contributed by atoms with Gasteiger partial charge in [-0.15, -0.1) is 0 Å². The molecule has 2 atom stereocenters. The lowest BCUT2D eigenvalue weighted by Gasteiger charge is -2.18. The van der Waals surface area contributed by atoms with E-state index in [1.165, 1.54) is 0 Å². The Morgan fingerprint density at radius 2 is 2.50 bits per heavy atom. The maximum Gasteiger partial charge on any atom is 0.237 e. The molecule has 1 saturated heterocycles. The van der Waals surface area contributed by atoms with Crippen LogP contribution in [0.1, 0.15) is 32.6 Å². The van der Waals surface area contributed by atoms with Crippen LogP contribution in [0.15, 0.2) is 0 Å². The molecule has 0 aromatic heterocycles. The van der Waals surface area contributed by atoms with Crippen LogP contribution in [0.25, 0.3) is 0 Å². The van der Waals surface area contributed by atoms with Gasteiger partial charge in [0.15, 0.2) is 0 Å². The summed E-state index contributed by atoms with van der Waals surface area (Å²) in [4.78, 5) is 11.6. The first-order chi connectivity index (χ1) is 6.77. The van der Waals surface area contributed by atoms with E-state index in [1.54, 1.807) is 0 Å².